The molecule has 0 unspecified atom stereocenters. The van der Waals surface area contributed by atoms with Gasteiger partial charge in [0, 0.05) is 6.42 Å². The lowest BCUT2D eigenvalue weighted by atomic mass is 10.2. The van der Waals surface area contributed by atoms with E-state index in [2.05, 4.69) is 0 Å². The fourth-order valence-corrected chi connectivity index (χ4v) is 1.73. The summed E-state index contributed by atoms with van der Waals surface area (Å²) in [5, 5.41) is 0. The van der Waals surface area contributed by atoms with E-state index in [0.29, 0.717) is 24.6 Å². The van der Waals surface area contributed by atoms with E-state index in [9.17, 15) is 0 Å². The van der Waals surface area contributed by atoms with Crippen molar-refractivity contribution < 1.29 is 9.47 Å². The summed E-state index contributed by atoms with van der Waals surface area (Å²) in [6.45, 7) is 1.06. The van der Waals surface area contributed by atoms with Crippen molar-refractivity contribution in [2.24, 2.45) is 5.73 Å². The van der Waals surface area contributed by atoms with Gasteiger partial charge >= 0.3 is 0 Å². The molecule has 4 heteroatoms. The Morgan fingerprint density at radius 2 is 1.50 bits per heavy atom. The lowest BCUT2D eigenvalue weighted by Crippen LogP contribution is -2.12. The quantitative estimate of drug-likeness (QED) is 0.793. The van der Waals surface area contributed by atoms with Gasteiger partial charge in [-0.3, -0.25) is 0 Å². The fourth-order valence-electron chi connectivity index (χ4n) is 1.64. The zero-order valence-corrected chi connectivity index (χ0v) is 11.9. The average Bonchev–Trinajstić information content (AvgIpc) is 2.47. The molecular weight excluding hydrogens is 270 g/mol. The Morgan fingerprint density at radius 3 is 2.10 bits per heavy atom. The third-order valence-electron chi connectivity index (χ3n) is 2.69. The summed E-state index contributed by atoms with van der Waals surface area (Å²) in [5.74, 6) is 1.60. The van der Waals surface area contributed by atoms with E-state index in [-0.39, 0.29) is 0 Å². The second kappa shape index (κ2) is 7.50. The highest BCUT2D eigenvalue weighted by Crippen LogP contribution is 2.18. The fraction of sp³-hybridized carbons (Fsp3) is 0.188. The first-order valence-electron chi connectivity index (χ1n) is 6.42. The van der Waals surface area contributed by atoms with Crippen LogP contribution in [0.5, 0.6) is 11.5 Å². The lowest BCUT2D eigenvalue weighted by Gasteiger charge is -2.08. The van der Waals surface area contributed by atoms with Crippen molar-refractivity contribution in [2.75, 3.05) is 6.61 Å². The minimum absolute atomic E-state index is 0.466. The predicted octanol–water partition coefficient (Wildman–Crippen LogP) is 3.32. The van der Waals surface area contributed by atoms with Crippen LogP contribution in [-0.4, -0.2) is 11.6 Å². The topological polar surface area (TPSA) is 44.5 Å². The van der Waals surface area contributed by atoms with Crippen LogP contribution in [0.1, 0.15) is 12.0 Å². The van der Waals surface area contributed by atoms with Crippen LogP contribution in [0.25, 0.3) is 0 Å². The van der Waals surface area contributed by atoms with Crippen molar-refractivity contribution in [2.45, 2.75) is 13.0 Å². The number of hydrogen-bond donors (Lipinski definition) is 1. The Balaban J connectivity index is 1.81. The van der Waals surface area contributed by atoms with Crippen LogP contribution in [0.15, 0.2) is 54.6 Å². The van der Waals surface area contributed by atoms with Crippen LogP contribution in [0.4, 0.5) is 0 Å². The molecule has 0 saturated carbocycles. The van der Waals surface area contributed by atoms with Gasteiger partial charge in [0.2, 0.25) is 0 Å². The first kappa shape index (κ1) is 14.3. The first-order valence-corrected chi connectivity index (χ1v) is 6.83. The second-order valence-electron chi connectivity index (χ2n) is 4.31. The normalized spacial score (nSPS) is 10.0. The van der Waals surface area contributed by atoms with Crippen molar-refractivity contribution in [1.29, 1.82) is 0 Å². The number of hydrogen-bond acceptors (Lipinski definition) is 3. The van der Waals surface area contributed by atoms with Gasteiger partial charge in [0.05, 0.1) is 11.6 Å². The summed E-state index contributed by atoms with van der Waals surface area (Å²) < 4.78 is 11.2. The van der Waals surface area contributed by atoms with Gasteiger partial charge in [0.25, 0.3) is 0 Å². The van der Waals surface area contributed by atoms with Crippen LogP contribution in [0.3, 0.4) is 0 Å². The maximum absolute atomic E-state index is 5.69. The number of rotatable bonds is 7. The minimum Gasteiger partial charge on any atom is -0.493 e. The van der Waals surface area contributed by atoms with Crippen molar-refractivity contribution in [1.82, 2.24) is 0 Å². The minimum atomic E-state index is 0.466. The van der Waals surface area contributed by atoms with E-state index < -0.39 is 0 Å². The summed E-state index contributed by atoms with van der Waals surface area (Å²) >= 11 is 4.79. The Kier molecular flexibility index (Phi) is 5.38. The number of benzene rings is 2. The summed E-state index contributed by atoms with van der Waals surface area (Å²) in [7, 11) is 0. The van der Waals surface area contributed by atoms with Gasteiger partial charge in [0.1, 0.15) is 18.1 Å². The highest BCUT2D eigenvalue weighted by atomic mass is 32.1. The molecule has 104 valence electrons. The Labute approximate surface area is 124 Å². The highest BCUT2D eigenvalue weighted by Gasteiger charge is 1.98. The maximum atomic E-state index is 5.69. The standard InChI is InChI=1S/C16H17NO2S/c17-16(20)10-11-18-14-6-8-15(9-7-14)19-12-13-4-2-1-3-5-13/h1-9H,10-12H2,(H2,17,20). The van der Waals surface area contributed by atoms with E-state index in [0.717, 1.165) is 17.1 Å². The maximum Gasteiger partial charge on any atom is 0.120 e. The molecule has 0 heterocycles. The zero-order valence-electron chi connectivity index (χ0n) is 11.1. The molecule has 2 rings (SSSR count). The van der Waals surface area contributed by atoms with Crippen LogP contribution in [0, 0.1) is 0 Å². The molecule has 0 fully saturated rings. The monoisotopic (exact) mass is 287 g/mol. The Hall–Kier alpha value is -2.07. The van der Waals surface area contributed by atoms with Crippen LogP contribution < -0.4 is 15.2 Å². The highest BCUT2D eigenvalue weighted by molar-refractivity contribution is 7.80. The molecule has 0 aromatic heterocycles. The molecule has 2 N–H and O–H groups in total. The van der Waals surface area contributed by atoms with Crippen molar-refractivity contribution in [3.63, 3.8) is 0 Å². The van der Waals surface area contributed by atoms with E-state index in [1.165, 1.54) is 0 Å². The van der Waals surface area contributed by atoms with Gasteiger partial charge in [-0.15, -0.1) is 0 Å². The van der Waals surface area contributed by atoms with Crippen molar-refractivity contribution >= 4 is 17.2 Å². The predicted molar refractivity (Wildman–Crippen MR) is 84.1 cm³/mol. The second-order valence-corrected chi connectivity index (χ2v) is 4.83. The molecule has 0 aliphatic carbocycles. The van der Waals surface area contributed by atoms with Gasteiger partial charge in [-0.2, -0.15) is 0 Å². The molecule has 3 nitrogen and oxygen atoms in total. The van der Waals surface area contributed by atoms with E-state index in [4.69, 9.17) is 27.4 Å². The third-order valence-corrected chi connectivity index (χ3v) is 2.89. The Bertz CT molecular complexity index is 540. The molecule has 0 aliphatic heterocycles. The smallest absolute Gasteiger partial charge is 0.120 e. The zero-order chi connectivity index (χ0) is 14.2. The molecule has 20 heavy (non-hydrogen) atoms. The largest absolute Gasteiger partial charge is 0.493 e. The van der Waals surface area contributed by atoms with E-state index in [1.807, 2.05) is 54.6 Å². The van der Waals surface area contributed by atoms with Gasteiger partial charge in [-0.1, -0.05) is 42.5 Å². The molecule has 0 spiro atoms. The molecule has 0 saturated heterocycles. The van der Waals surface area contributed by atoms with Crippen LogP contribution >= 0.6 is 12.2 Å². The van der Waals surface area contributed by atoms with E-state index in [1.54, 1.807) is 0 Å². The summed E-state index contributed by atoms with van der Waals surface area (Å²) in [6, 6.07) is 17.6. The summed E-state index contributed by atoms with van der Waals surface area (Å²) in [4.78, 5) is 0.466. The van der Waals surface area contributed by atoms with Crippen molar-refractivity contribution in [3.05, 3.63) is 60.2 Å². The summed E-state index contributed by atoms with van der Waals surface area (Å²) in [6.07, 6.45) is 0.585. The number of thiocarbonyl (C=S) groups is 1. The van der Waals surface area contributed by atoms with Gasteiger partial charge in [0.15, 0.2) is 0 Å². The first-order chi connectivity index (χ1) is 9.74. The molecule has 0 amide bonds. The SMILES string of the molecule is NC(=S)CCOc1ccc(OCc2ccccc2)cc1. The van der Waals surface area contributed by atoms with Crippen LogP contribution in [-0.2, 0) is 6.61 Å². The third kappa shape index (κ3) is 4.90. The molecule has 0 aliphatic rings. The number of ether oxygens (including phenoxy) is 2. The van der Waals surface area contributed by atoms with Gasteiger partial charge in [-0.05, 0) is 29.8 Å². The lowest BCUT2D eigenvalue weighted by molar-refractivity contribution is 0.303. The molecule has 0 atom stereocenters. The van der Waals surface area contributed by atoms with Gasteiger partial charge in [-0.25, -0.2) is 0 Å². The van der Waals surface area contributed by atoms with Gasteiger partial charge < -0.3 is 15.2 Å². The average molecular weight is 287 g/mol. The van der Waals surface area contributed by atoms with Crippen molar-refractivity contribution in [3.8, 4) is 11.5 Å². The molecular formula is C16H17NO2S. The number of nitrogens with two attached hydrogens (primary N) is 1. The summed E-state index contributed by atoms with van der Waals surface area (Å²) in [5.41, 5.74) is 6.55. The van der Waals surface area contributed by atoms with E-state index >= 15 is 0 Å². The molecule has 0 radical (unpaired) electrons. The molecule has 0 bridgehead atoms. The van der Waals surface area contributed by atoms with Crippen LogP contribution in [0.2, 0.25) is 0 Å². The Morgan fingerprint density at radius 1 is 0.900 bits per heavy atom. The molecule has 2 aromatic carbocycles. The molecule has 2 aromatic rings.